The van der Waals surface area contributed by atoms with Crippen molar-refractivity contribution in [1.29, 1.82) is 0 Å². The third-order valence-electron chi connectivity index (χ3n) is 3.35. The molecule has 96 valence electrons. The van der Waals surface area contributed by atoms with Gasteiger partial charge in [0.05, 0.1) is 10.00 Å². The van der Waals surface area contributed by atoms with Crippen LogP contribution in [0.15, 0.2) is 0 Å². The molecule has 0 heterocycles. The molecule has 0 amide bonds. The molecule has 0 bridgehead atoms. The molecule has 1 aliphatic carbocycles. The van der Waals surface area contributed by atoms with E-state index in [0.29, 0.717) is 25.7 Å². The molecule has 1 fully saturated rings. The van der Waals surface area contributed by atoms with Gasteiger partial charge in [0.1, 0.15) is 0 Å². The summed E-state index contributed by atoms with van der Waals surface area (Å²) in [5, 5.41) is -0.355. The van der Waals surface area contributed by atoms with E-state index < -0.39 is 26.9 Å². The van der Waals surface area contributed by atoms with Crippen LogP contribution >= 0.6 is 0 Å². The molecule has 6 heteroatoms. The Balaban J connectivity index is 2.91. The first kappa shape index (κ1) is 14.3. The minimum atomic E-state index is -1.91. The van der Waals surface area contributed by atoms with Crippen LogP contribution in [0.3, 0.4) is 0 Å². The summed E-state index contributed by atoms with van der Waals surface area (Å²) in [6.07, 6.45) is 3.21. The second-order valence-corrected chi connectivity index (χ2v) is 7.41. The lowest BCUT2D eigenvalue weighted by Gasteiger charge is -2.40. The van der Waals surface area contributed by atoms with E-state index in [0.717, 1.165) is 6.42 Å². The van der Waals surface area contributed by atoms with Crippen molar-refractivity contribution in [3.05, 3.63) is 0 Å². The summed E-state index contributed by atoms with van der Waals surface area (Å²) in [5.41, 5.74) is 0. The lowest BCUT2D eigenvalue weighted by Crippen LogP contribution is -2.45. The first-order valence-electron chi connectivity index (χ1n) is 5.62. The van der Waals surface area contributed by atoms with E-state index in [1.54, 1.807) is 0 Å². The Morgan fingerprint density at radius 3 is 2.38 bits per heavy atom. The van der Waals surface area contributed by atoms with E-state index in [-0.39, 0.29) is 11.2 Å². The van der Waals surface area contributed by atoms with E-state index in [1.807, 2.05) is 13.8 Å². The predicted molar refractivity (Wildman–Crippen MR) is 66.0 cm³/mol. The maximum absolute atomic E-state index is 11.5. The van der Waals surface area contributed by atoms with Gasteiger partial charge in [0.2, 0.25) is 0 Å². The third kappa shape index (κ3) is 3.12. The summed E-state index contributed by atoms with van der Waals surface area (Å²) < 4.78 is 40.6. The molecular formula is C10H20O4S2. The van der Waals surface area contributed by atoms with Gasteiger partial charge in [-0.3, -0.25) is 0 Å². The van der Waals surface area contributed by atoms with Crippen molar-refractivity contribution in [1.82, 2.24) is 0 Å². The molecule has 0 aromatic carbocycles. The minimum Gasteiger partial charge on any atom is -0.306 e. The van der Waals surface area contributed by atoms with Gasteiger partial charge in [-0.1, -0.05) is 20.3 Å². The van der Waals surface area contributed by atoms with Crippen molar-refractivity contribution in [3.63, 3.8) is 0 Å². The highest BCUT2D eigenvalue weighted by Crippen LogP contribution is 2.41. The molecule has 0 spiro atoms. The fourth-order valence-corrected chi connectivity index (χ4v) is 5.00. The smallest absolute Gasteiger partial charge is 0.159 e. The van der Waals surface area contributed by atoms with Crippen LogP contribution in [-0.2, 0) is 22.2 Å². The maximum Gasteiger partial charge on any atom is 0.159 e. The molecule has 0 aromatic heterocycles. The van der Waals surface area contributed by atoms with Crippen LogP contribution in [0.25, 0.3) is 0 Å². The van der Waals surface area contributed by atoms with Crippen LogP contribution < -0.4 is 0 Å². The summed E-state index contributed by atoms with van der Waals surface area (Å²) in [7, 11) is 0. The van der Waals surface area contributed by atoms with Crippen molar-refractivity contribution >= 4 is 22.2 Å². The van der Waals surface area contributed by atoms with E-state index >= 15 is 0 Å². The van der Waals surface area contributed by atoms with Crippen molar-refractivity contribution in [2.75, 3.05) is 0 Å². The van der Waals surface area contributed by atoms with Crippen LogP contribution in [0.2, 0.25) is 0 Å². The summed E-state index contributed by atoms with van der Waals surface area (Å²) in [6.45, 7) is 3.95. The summed E-state index contributed by atoms with van der Waals surface area (Å²) >= 11 is -3.80. The zero-order chi connectivity index (χ0) is 12.3. The predicted octanol–water partition coefficient (Wildman–Crippen LogP) is 2.16. The molecular weight excluding hydrogens is 248 g/mol. The molecule has 4 nitrogen and oxygen atoms in total. The number of hydrogen-bond donors (Lipinski definition) is 2. The van der Waals surface area contributed by atoms with Gasteiger partial charge in [0, 0.05) is 0 Å². The molecule has 1 rings (SSSR count). The van der Waals surface area contributed by atoms with Crippen LogP contribution in [-0.4, -0.2) is 27.5 Å². The average Bonchev–Trinajstić information content (AvgIpc) is 2.16. The molecule has 5 atom stereocenters. The normalized spacial score (nSPS) is 39.2. The third-order valence-corrected chi connectivity index (χ3v) is 5.55. The Morgan fingerprint density at radius 1 is 1.31 bits per heavy atom. The van der Waals surface area contributed by atoms with E-state index in [1.165, 1.54) is 0 Å². The van der Waals surface area contributed by atoms with Crippen molar-refractivity contribution in [2.45, 2.75) is 55.9 Å². The standard InChI is InChI=1S/C10H20O4S2/c1-3-4-10(16(13)14)6-8(2)5-9(7-10)15(11)12/h8-9H,3-7H2,1-2H3,(H,11,12)(H,13,14). The van der Waals surface area contributed by atoms with Gasteiger partial charge in [-0.25, -0.2) is 8.42 Å². The summed E-state index contributed by atoms with van der Waals surface area (Å²) in [5.74, 6) is 0.234. The second-order valence-electron chi connectivity index (χ2n) is 4.83. The highest BCUT2D eigenvalue weighted by atomic mass is 32.2. The number of hydrogen-bond acceptors (Lipinski definition) is 2. The SMILES string of the molecule is CCCC1(S(=O)O)CC(C)CC(S(=O)O)C1. The first-order valence-corrected chi connectivity index (χ1v) is 7.89. The first-order chi connectivity index (χ1) is 7.41. The fraction of sp³-hybridized carbons (Fsp3) is 1.00. The highest BCUT2D eigenvalue weighted by molar-refractivity contribution is 7.81. The molecule has 16 heavy (non-hydrogen) atoms. The quantitative estimate of drug-likeness (QED) is 0.766. The van der Waals surface area contributed by atoms with E-state index in [4.69, 9.17) is 4.55 Å². The molecule has 0 aliphatic heterocycles. The maximum atomic E-state index is 11.5. The van der Waals surface area contributed by atoms with E-state index in [9.17, 15) is 13.0 Å². The zero-order valence-corrected chi connectivity index (χ0v) is 11.4. The Bertz CT molecular complexity index is 295. The summed E-state index contributed by atoms with van der Waals surface area (Å²) in [4.78, 5) is 0. The van der Waals surface area contributed by atoms with Gasteiger partial charge in [0.25, 0.3) is 0 Å². The van der Waals surface area contributed by atoms with Crippen LogP contribution in [0.4, 0.5) is 0 Å². The van der Waals surface area contributed by atoms with Gasteiger partial charge in [-0.15, -0.1) is 0 Å². The largest absolute Gasteiger partial charge is 0.306 e. The summed E-state index contributed by atoms with van der Waals surface area (Å²) in [6, 6.07) is 0. The van der Waals surface area contributed by atoms with Gasteiger partial charge in [-0.2, -0.15) is 0 Å². The topological polar surface area (TPSA) is 74.6 Å². The number of rotatable bonds is 4. The van der Waals surface area contributed by atoms with E-state index in [2.05, 4.69) is 0 Å². The minimum absolute atomic E-state index is 0.234. The van der Waals surface area contributed by atoms with Gasteiger partial charge >= 0.3 is 0 Å². The molecule has 0 aromatic rings. The highest BCUT2D eigenvalue weighted by Gasteiger charge is 2.44. The molecule has 1 aliphatic rings. The van der Waals surface area contributed by atoms with Crippen LogP contribution in [0.1, 0.15) is 46.0 Å². The van der Waals surface area contributed by atoms with Crippen LogP contribution in [0.5, 0.6) is 0 Å². The molecule has 0 saturated heterocycles. The van der Waals surface area contributed by atoms with Crippen molar-refractivity contribution in [3.8, 4) is 0 Å². The molecule has 1 saturated carbocycles. The Labute approximate surface area is 102 Å². The molecule has 5 unspecified atom stereocenters. The lowest BCUT2D eigenvalue weighted by atomic mass is 9.79. The molecule has 0 radical (unpaired) electrons. The zero-order valence-electron chi connectivity index (χ0n) is 9.72. The second kappa shape index (κ2) is 5.71. The van der Waals surface area contributed by atoms with Gasteiger partial charge in [-0.05, 0) is 31.6 Å². The lowest BCUT2D eigenvalue weighted by molar-refractivity contribution is 0.281. The van der Waals surface area contributed by atoms with Gasteiger partial charge in [0.15, 0.2) is 22.2 Å². The van der Waals surface area contributed by atoms with Crippen molar-refractivity contribution < 1.29 is 17.5 Å². The molecule has 2 N–H and O–H groups in total. The Hall–Kier alpha value is 0.220. The average molecular weight is 268 g/mol. The fourth-order valence-electron chi connectivity index (χ4n) is 2.79. The monoisotopic (exact) mass is 268 g/mol. The van der Waals surface area contributed by atoms with Gasteiger partial charge < -0.3 is 9.11 Å². The Morgan fingerprint density at radius 2 is 1.94 bits per heavy atom. The Kier molecular flexibility index (Phi) is 5.10. The van der Waals surface area contributed by atoms with Crippen molar-refractivity contribution in [2.24, 2.45) is 5.92 Å². The van der Waals surface area contributed by atoms with Crippen LogP contribution in [0, 0.1) is 5.92 Å².